The predicted molar refractivity (Wildman–Crippen MR) is 107 cm³/mol. The molecule has 5 nitrogen and oxygen atoms in total. The average molecular weight is 419 g/mol. The maximum atomic E-state index is 10.6. The minimum atomic E-state index is -5.08. The van der Waals surface area contributed by atoms with Gasteiger partial charge in [0, 0.05) is 36.2 Å². The summed E-state index contributed by atoms with van der Waals surface area (Å²) in [6.45, 7) is 4.56. The largest absolute Gasteiger partial charge is 0.490 e. The number of rotatable bonds is 4. The van der Waals surface area contributed by atoms with Crippen molar-refractivity contribution in [2.45, 2.75) is 44.4 Å². The highest BCUT2D eigenvalue weighted by Crippen LogP contribution is 2.34. The number of benzene rings is 1. The first-order valence-electron chi connectivity index (χ1n) is 9.69. The summed E-state index contributed by atoms with van der Waals surface area (Å²) >= 11 is 0. The lowest BCUT2D eigenvalue weighted by molar-refractivity contribution is -0.192. The number of hydrogen-bond acceptors (Lipinski definition) is 3. The second-order valence-corrected chi connectivity index (χ2v) is 7.68. The number of fused-ring (bicyclic) bond motifs is 1. The molecule has 3 aromatic rings. The summed E-state index contributed by atoms with van der Waals surface area (Å²) in [6, 6.07) is 15.2. The van der Waals surface area contributed by atoms with Crippen molar-refractivity contribution in [2.24, 2.45) is 0 Å². The SMILES string of the molecule is CC1(Cc2ccccc2)CCCN1Cc1cccn2ccnc12.O=C(O)C(F)(F)F. The molecule has 8 heteroatoms. The molecular weight excluding hydrogens is 395 g/mol. The van der Waals surface area contributed by atoms with Crippen molar-refractivity contribution >= 4 is 11.6 Å². The van der Waals surface area contributed by atoms with Gasteiger partial charge in [-0.15, -0.1) is 0 Å². The molecule has 1 saturated heterocycles. The maximum Gasteiger partial charge on any atom is 0.490 e. The van der Waals surface area contributed by atoms with E-state index < -0.39 is 12.1 Å². The van der Waals surface area contributed by atoms with Crippen LogP contribution in [0.15, 0.2) is 61.1 Å². The Morgan fingerprint density at radius 1 is 1.17 bits per heavy atom. The van der Waals surface area contributed by atoms with Crippen LogP contribution in [0.25, 0.3) is 5.65 Å². The zero-order valence-corrected chi connectivity index (χ0v) is 16.6. The number of pyridine rings is 1. The van der Waals surface area contributed by atoms with E-state index in [1.54, 1.807) is 0 Å². The van der Waals surface area contributed by atoms with Crippen molar-refractivity contribution < 1.29 is 23.1 Å². The summed E-state index contributed by atoms with van der Waals surface area (Å²) in [5.74, 6) is -2.76. The lowest BCUT2D eigenvalue weighted by Crippen LogP contribution is -2.42. The van der Waals surface area contributed by atoms with Crippen LogP contribution in [-0.4, -0.2) is 43.6 Å². The first-order chi connectivity index (χ1) is 14.2. The number of carboxylic acids is 1. The van der Waals surface area contributed by atoms with Crippen LogP contribution in [0.2, 0.25) is 0 Å². The number of halogens is 3. The molecule has 0 aliphatic carbocycles. The van der Waals surface area contributed by atoms with Crippen molar-refractivity contribution in [2.75, 3.05) is 6.54 Å². The number of aliphatic carboxylic acids is 1. The third-order valence-electron chi connectivity index (χ3n) is 5.44. The Labute approximate surface area is 172 Å². The molecule has 1 N–H and O–H groups in total. The van der Waals surface area contributed by atoms with E-state index in [1.807, 2.05) is 12.4 Å². The van der Waals surface area contributed by atoms with E-state index in [9.17, 15) is 13.2 Å². The first-order valence-corrected chi connectivity index (χ1v) is 9.69. The van der Waals surface area contributed by atoms with Crippen molar-refractivity contribution in [3.8, 4) is 0 Å². The van der Waals surface area contributed by atoms with E-state index in [4.69, 9.17) is 9.90 Å². The number of carboxylic acid groups (broad SMARTS) is 1. The number of aromatic nitrogens is 2. The Bertz CT molecular complexity index is 988. The third-order valence-corrected chi connectivity index (χ3v) is 5.44. The minimum absolute atomic E-state index is 0.237. The van der Waals surface area contributed by atoms with E-state index in [-0.39, 0.29) is 5.54 Å². The van der Waals surface area contributed by atoms with Crippen LogP contribution in [-0.2, 0) is 17.8 Å². The molecule has 1 aromatic carbocycles. The molecule has 1 fully saturated rings. The highest BCUT2D eigenvalue weighted by atomic mass is 19.4. The molecule has 0 saturated carbocycles. The van der Waals surface area contributed by atoms with Crippen LogP contribution in [0.1, 0.15) is 30.9 Å². The molecule has 0 spiro atoms. The molecule has 1 unspecified atom stereocenters. The summed E-state index contributed by atoms with van der Waals surface area (Å²) in [7, 11) is 0. The van der Waals surface area contributed by atoms with E-state index in [0.29, 0.717) is 0 Å². The van der Waals surface area contributed by atoms with Gasteiger partial charge in [0.25, 0.3) is 0 Å². The fourth-order valence-corrected chi connectivity index (χ4v) is 3.92. The van der Waals surface area contributed by atoms with E-state index in [2.05, 4.69) is 69.9 Å². The fourth-order valence-electron chi connectivity index (χ4n) is 3.92. The van der Waals surface area contributed by atoms with Crippen molar-refractivity contribution in [1.29, 1.82) is 0 Å². The molecule has 2 aromatic heterocycles. The summed E-state index contributed by atoms with van der Waals surface area (Å²) in [4.78, 5) is 16.1. The second kappa shape index (κ2) is 8.87. The molecular formula is C22H24F3N3O2. The second-order valence-electron chi connectivity index (χ2n) is 7.68. The van der Waals surface area contributed by atoms with Crippen LogP contribution >= 0.6 is 0 Å². The quantitative estimate of drug-likeness (QED) is 0.673. The number of alkyl halides is 3. The van der Waals surface area contributed by atoms with Gasteiger partial charge >= 0.3 is 12.1 Å². The zero-order chi connectivity index (χ0) is 21.8. The zero-order valence-electron chi connectivity index (χ0n) is 16.6. The van der Waals surface area contributed by atoms with Gasteiger partial charge in [0.05, 0.1) is 0 Å². The minimum Gasteiger partial charge on any atom is -0.475 e. The van der Waals surface area contributed by atoms with Gasteiger partial charge in [-0.25, -0.2) is 9.78 Å². The number of nitrogens with zero attached hydrogens (tertiary/aromatic N) is 3. The molecule has 0 radical (unpaired) electrons. The Morgan fingerprint density at radius 3 is 2.53 bits per heavy atom. The molecule has 1 aliphatic rings. The van der Waals surface area contributed by atoms with E-state index >= 15 is 0 Å². The van der Waals surface area contributed by atoms with Crippen molar-refractivity contribution in [3.05, 3.63) is 72.2 Å². The number of hydrogen-bond donors (Lipinski definition) is 1. The highest BCUT2D eigenvalue weighted by molar-refractivity contribution is 5.73. The van der Waals surface area contributed by atoms with Gasteiger partial charge in [-0.1, -0.05) is 36.4 Å². The summed E-state index contributed by atoms with van der Waals surface area (Å²) in [6.07, 6.45) is 4.54. The van der Waals surface area contributed by atoms with Crippen LogP contribution in [0.5, 0.6) is 0 Å². The van der Waals surface area contributed by atoms with Gasteiger partial charge in [-0.3, -0.25) is 4.90 Å². The Morgan fingerprint density at radius 2 is 1.87 bits per heavy atom. The topological polar surface area (TPSA) is 57.8 Å². The van der Waals surface area contributed by atoms with Gasteiger partial charge in [0.2, 0.25) is 0 Å². The lowest BCUT2D eigenvalue weighted by Gasteiger charge is -2.35. The average Bonchev–Trinajstić information content (AvgIpc) is 3.30. The fraction of sp³-hybridized carbons (Fsp3) is 0.364. The smallest absolute Gasteiger partial charge is 0.475 e. The van der Waals surface area contributed by atoms with Gasteiger partial charge < -0.3 is 9.51 Å². The summed E-state index contributed by atoms with van der Waals surface area (Å²) < 4.78 is 33.8. The molecule has 0 amide bonds. The molecule has 30 heavy (non-hydrogen) atoms. The van der Waals surface area contributed by atoms with Gasteiger partial charge in [-0.2, -0.15) is 13.2 Å². The van der Waals surface area contributed by atoms with Crippen molar-refractivity contribution in [1.82, 2.24) is 14.3 Å². The molecule has 1 atom stereocenters. The molecule has 4 rings (SSSR count). The Hall–Kier alpha value is -2.87. The van der Waals surface area contributed by atoms with Crippen LogP contribution in [0.3, 0.4) is 0 Å². The Kier molecular flexibility index (Phi) is 6.45. The van der Waals surface area contributed by atoms with E-state index in [0.717, 1.165) is 18.6 Å². The van der Waals surface area contributed by atoms with Crippen molar-refractivity contribution in [3.63, 3.8) is 0 Å². The van der Waals surface area contributed by atoms with Gasteiger partial charge in [0.15, 0.2) is 0 Å². The number of likely N-dealkylation sites (tertiary alicyclic amines) is 1. The number of imidazole rings is 1. The number of carbonyl (C=O) groups is 1. The Balaban J connectivity index is 0.000000318. The highest BCUT2D eigenvalue weighted by Gasteiger charge is 2.38. The standard InChI is InChI=1S/C20H23N3.C2HF3O2/c1-20(15-17-7-3-2-4-8-17)10-6-13-23(20)16-18-9-5-12-22-14-11-21-19(18)22;3-2(4,5)1(6)7/h2-5,7-9,11-12,14H,6,10,13,15-16H2,1H3;(H,6,7). The normalized spacial score (nSPS) is 19.5. The third kappa shape index (κ3) is 5.18. The van der Waals surface area contributed by atoms with Crippen LogP contribution < -0.4 is 0 Å². The van der Waals surface area contributed by atoms with Gasteiger partial charge in [-0.05, 0) is 44.4 Å². The van der Waals surface area contributed by atoms with Gasteiger partial charge in [0.1, 0.15) is 5.65 Å². The predicted octanol–water partition coefficient (Wildman–Crippen LogP) is 4.56. The summed E-state index contributed by atoms with van der Waals surface area (Å²) in [5, 5.41) is 7.12. The van der Waals surface area contributed by atoms with Crippen LogP contribution in [0.4, 0.5) is 13.2 Å². The van der Waals surface area contributed by atoms with Crippen LogP contribution in [0, 0.1) is 0 Å². The first kappa shape index (κ1) is 21.8. The summed E-state index contributed by atoms with van der Waals surface area (Å²) in [5.41, 5.74) is 4.07. The van der Waals surface area contributed by atoms with E-state index in [1.165, 1.54) is 30.5 Å². The molecule has 1 aliphatic heterocycles. The maximum absolute atomic E-state index is 10.6. The molecule has 0 bridgehead atoms. The monoisotopic (exact) mass is 419 g/mol. The molecule has 160 valence electrons. The lowest BCUT2D eigenvalue weighted by atomic mass is 9.90. The molecule has 3 heterocycles.